The fourth-order valence-corrected chi connectivity index (χ4v) is 2.66. The van der Waals surface area contributed by atoms with Gasteiger partial charge in [-0.25, -0.2) is 4.79 Å². The third kappa shape index (κ3) is 3.38. The maximum absolute atomic E-state index is 11.4. The first-order valence-corrected chi connectivity index (χ1v) is 6.89. The highest BCUT2D eigenvalue weighted by Crippen LogP contribution is 2.26. The van der Waals surface area contributed by atoms with Crippen molar-refractivity contribution in [2.45, 2.75) is 17.6 Å². The summed E-state index contributed by atoms with van der Waals surface area (Å²) >= 11 is 1.71. The number of aryl methyl sites for hydroxylation is 2. The molecule has 0 aliphatic carbocycles. The Labute approximate surface area is 116 Å². The van der Waals surface area contributed by atoms with Crippen molar-refractivity contribution >= 4 is 17.7 Å². The molecule has 0 aliphatic heterocycles. The van der Waals surface area contributed by atoms with Crippen LogP contribution in [0.2, 0.25) is 0 Å². The predicted molar refractivity (Wildman–Crippen MR) is 75.3 cm³/mol. The molecule has 5 heteroatoms. The van der Waals surface area contributed by atoms with Crippen molar-refractivity contribution in [3.63, 3.8) is 0 Å². The standard InChI is InChI=1S/C14H16N2O2S/c1-10-8-11(14(17)18-3)4-5-13(10)19-9-12-6-7-16(2)15-12/h4-8H,9H2,1-3H3. The highest BCUT2D eigenvalue weighted by molar-refractivity contribution is 7.98. The molecule has 1 heterocycles. The molecule has 1 aromatic carbocycles. The molecule has 0 amide bonds. The molecular formula is C14H16N2O2S. The van der Waals surface area contributed by atoms with E-state index in [2.05, 4.69) is 5.10 Å². The maximum atomic E-state index is 11.4. The minimum atomic E-state index is -0.302. The van der Waals surface area contributed by atoms with Crippen LogP contribution in [-0.2, 0) is 17.5 Å². The summed E-state index contributed by atoms with van der Waals surface area (Å²) in [7, 11) is 3.30. The first-order chi connectivity index (χ1) is 9.10. The fourth-order valence-electron chi connectivity index (χ4n) is 1.75. The molecule has 2 aromatic rings. The summed E-state index contributed by atoms with van der Waals surface area (Å²) < 4.78 is 6.50. The summed E-state index contributed by atoms with van der Waals surface area (Å²) in [4.78, 5) is 12.6. The fraction of sp³-hybridized carbons (Fsp3) is 0.286. The largest absolute Gasteiger partial charge is 0.465 e. The first-order valence-electron chi connectivity index (χ1n) is 5.90. The lowest BCUT2D eigenvalue weighted by Crippen LogP contribution is -2.01. The third-order valence-corrected chi connectivity index (χ3v) is 3.95. The van der Waals surface area contributed by atoms with Crippen LogP contribution in [0.5, 0.6) is 0 Å². The van der Waals surface area contributed by atoms with Gasteiger partial charge < -0.3 is 4.74 Å². The van der Waals surface area contributed by atoms with Gasteiger partial charge in [0, 0.05) is 23.9 Å². The zero-order valence-corrected chi connectivity index (χ0v) is 12.0. The van der Waals surface area contributed by atoms with E-state index in [9.17, 15) is 4.79 Å². The molecule has 2 rings (SSSR count). The van der Waals surface area contributed by atoms with Gasteiger partial charge >= 0.3 is 5.97 Å². The highest BCUT2D eigenvalue weighted by atomic mass is 32.2. The molecule has 0 N–H and O–H groups in total. The average Bonchev–Trinajstić information content (AvgIpc) is 2.82. The second-order valence-corrected chi connectivity index (χ2v) is 5.26. The van der Waals surface area contributed by atoms with Crippen molar-refractivity contribution in [3.8, 4) is 0 Å². The van der Waals surface area contributed by atoms with E-state index < -0.39 is 0 Å². The zero-order chi connectivity index (χ0) is 13.8. The molecule has 4 nitrogen and oxygen atoms in total. The lowest BCUT2D eigenvalue weighted by molar-refractivity contribution is 0.0600. The van der Waals surface area contributed by atoms with E-state index in [4.69, 9.17) is 4.74 Å². The molecule has 19 heavy (non-hydrogen) atoms. The van der Waals surface area contributed by atoms with Crippen molar-refractivity contribution in [1.82, 2.24) is 9.78 Å². The van der Waals surface area contributed by atoms with Crippen molar-refractivity contribution in [3.05, 3.63) is 47.3 Å². The number of carbonyl (C=O) groups excluding carboxylic acids is 1. The third-order valence-electron chi connectivity index (χ3n) is 2.74. The second kappa shape index (κ2) is 5.93. The Bertz CT molecular complexity index is 593. The van der Waals surface area contributed by atoms with E-state index >= 15 is 0 Å². The number of aromatic nitrogens is 2. The number of hydrogen-bond donors (Lipinski definition) is 0. The Kier molecular flexibility index (Phi) is 4.27. The number of methoxy groups -OCH3 is 1. The van der Waals surface area contributed by atoms with Gasteiger partial charge in [0.2, 0.25) is 0 Å². The normalized spacial score (nSPS) is 10.5. The van der Waals surface area contributed by atoms with Gasteiger partial charge in [-0.1, -0.05) is 0 Å². The van der Waals surface area contributed by atoms with Gasteiger partial charge in [-0.05, 0) is 36.8 Å². The van der Waals surface area contributed by atoms with Gasteiger partial charge in [-0.15, -0.1) is 11.8 Å². The molecule has 0 saturated carbocycles. The SMILES string of the molecule is COC(=O)c1ccc(SCc2ccn(C)n2)c(C)c1. The van der Waals surface area contributed by atoms with Crippen LogP contribution in [0.25, 0.3) is 0 Å². The number of nitrogens with zero attached hydrogens (tertiary/aromatic N) is 2. The Morgan fingerprint density at radius 1 is 1.42 bits per heavy atom. The van der Waals surface area contributed by atoms with Crippen molar-refractivity contribution in [1.29, 1.82) is 0 Å². The summed E-state index contributed by atoms with van der Waals surface area (Å²) in [5.74, 6) is 0.517. The molecule has 0 aliphatic rings. The van der Waals surface area contributed by atoms with Gasteiger partial charge in [0.15, 0.2) is 0 Å². The van der Waals surface area contributed by atoms with Crippen molar-refractivity contribution in [2.24, 2.45) is 7.05 Å². The topological polar surface area (TPSA) is 44.1 Å². The number of rotatable bonds is 4. The van der Waals surface area contributed by atoms with Crippen LogP contribution >= 0.6 is 11.8 Å². The van der Waals surface area contributed by atoms with Crippen LogP contribution in [0.1, 0.15) is 21.6 Å². The summed E-state index contributed by atoms with van der Waals surface area (Å²) in [6.07, 6.45) is 1.93. The van der Waals surface area contributed by atoms with Gasteiger partial charge in [0.05, 0.1) is 18.4 Å². The zero-order valence-electron chi connectivity index (χ0n) is 11.2. The molecule has 0 fully saturated rings. The maximum Gasteiger partial charge on any atom is 0.337 e. The number of thioether (sulfide) groups is 1. The Morgan fingerprint density at radius 3 is 2.79 bits per heavy atom. The van der Waals surface area contributed by atoms with Crippen LogP contribution in [-0.4, -0.2) is 22.9 Å². The number of carbonyl (C=O) groups is 1. The minimum Gasteiger partial charge on any atom is -0.465 e. The molecule has 1 aromatic heterocycles. The van der Waals surface area contributed by atoms with E-state index in [0.29, 0.717) is 5.56 Å². The summed E-state index contributed by atoms with van der Waals surface area (Å²) in [6, 6.07) is 7.60. The van der Waals surface area contributed by atoms with Crippen LogP contribution in [0, 0.1) is 6.92 Å². The minimum absolute atomic E-state index is 0.302. The molecule has 0 atom stereocenters. The highest BCUT2D eigenvalue weighted by Gasteiger charge is 2.08. The number of ether oxygens (including phenoxy) is 1. The molecule has 0 radical (unpaired) electrons. The second-order valence-electron chi connectivity index (χ2n) is 4.24. The Balaban J connectivity index is 2.07. The van der Waals surface area contributed by atoms with Crippen LogP contribution in [0.3, 0.4) is 0 Å². The van der Waals surface area contributed by atoms with E-state index in [0.717, 1.165) is 21.9 Å². The van der Waals surface area contributed by atoms with Gasteiger partial charge in [-0.3, -0.25) is 4.68 Å². The Hall–Kier alpha value is -1.75. The van der Waals surface area contributed by atoms with Crippen LogP contribution in [0.4, 0.5) is 0 Å². The predicted octanol–water partition coefficient (Wildman–Crippen LogP) is 2.81. The Morgan fingerprint density at radius 2 is 2.21 bits per heavy atom. The van der Waals surface area contributed by atoms with E-state index in [-0.39, 0.29) is 5.97 Å². The van der Waals surface area contributed by atoms with Gasteiger partial charge in [0.1, 0.15) is 0 Å². The summed E-state index contributed by atoms with van der Waals surface area (Å²) in [6.45, 7) is 1.99. The lowest BCUT2D eigenvalue weighted by atomic mass is 10.1. The molecule has 100 valence electrons. The quantitative estimate of drug-likeness (QED) is 0.636. The van der Waals surface area contributed by atoms with E-state index in [1.165, 1.54) is 7.11 Å². The molecular weight excluding hydrogens is 260 g/mol. The van der Waals surface area contributed by atoms with Gasteiger partial charge in [-0.2, -0.15) is 5.10 Å². The van der Waals surface area contributed by atoms with Gasteiger partial charge in [0.25, 0.3) is 0 Å². The molecule has 0 bridgehead atoms. The van der Waals surface area contributed by atoms with E-state index in [1.54, 1.807) is 22.5 Å². The average molecular weight is 276 g/mol. The van der Waals surface area contributed by atoms with Crippen LogP contribution in [0.15, 0.2) is 35.4 Å². The number of benzene rings is 1. The molecule has 0 unspecified atom stereocenters. The summed E-state index contributed by atoms with van der Waals surface area (Å²) in [5.41, 5.74) is 2.70. The first kappa shape index (κ1) is 13.7. The smallest absolute Gasteiger partial charge is 0.337 e. The van der Waals surface area contributed by atoms with E-state index in [1.807, 2.05) is 38.4 Å². The number of hydrogen-bond acceptors (Lipinski definition) is 4. The molecule has 0 saturated heterocycles. The van der Waals surface area contributed by atoms with Crippen LogP contribution < -0.4 is 0 Å². The van der Waals surface area contributed by atoms with Crippen molar-refractivity contribution < 1.29 is 9.53 Å². The monoisotopic (exact) mass is 276 g/mol. The lowest BCUT2D eigenvalue weighted by Gasteiger charge is -2.06. The van der Waals surface area contributed by atoms with Crippen molar-refractivity contribution in [2.75, 3.05) is 7.11 Å². The summed E-state index contributed by atoms with van der Waals surface area (Å²) in [5, 5.41) is 4.34. The number of esters is 1. The molecule has 0 spiro atoms.